The minimum Gasteiger partial charge on any atom is -0.316 e. The topological polar surface area (TPSA) is 55.1 Å². The van der Waals surface area contributed by atoms with Crippen molar-refractivity contribution in [1.29, 1.82) is 0 Å². The molecule has 1 rings (SSSR count). The molecule has 0 aromatic carbocycles. The molecule has 0 amide bonds. The van der Waals surface area contributed by atoms with Gasteiger partial charge in [0.05, 0.1) is 0 Å². The van der Waals surface area contributed by atoms with E-state index in [-0.39, 0.29) is 5.41 Å². The molecule has 14 heavy (non-hydrogen) atoms. The fourth-order valence-electron chi connectivity index (χ4n) is 0.971. The molecule has 0 fully saturated rings. The van der Waals surface area contributed by atoms with Gasteiger partial charge in [-0.1, -0.05) is 20.8 Å². The fraction of sp³-hybridized carbons (Fsp3) is 0.667. The molecule has 0 bridgehead atoms. The van der Waals surface area contributed by atoms with Crippen molar-refractivity contribution in [3.63, 3.8) is 0 Å². The number of aromatic nitrogens is 3. The number of nitrogens with one attached hydrogen (secondary N) is 1. The van der Waals surface area contributed by atoms with Crippen LogP contribution in [-0.4, -0.2) is 34.2 Å². The third-order valence-corrected chi connectivity index (χ3v) is 1.78. The van der Waals surface area contributed by atoms with Crippen LogP contribution in [0.15, 0.2) is 17.8 Å². The molecule has 0 aliphatic rings. The maximum atomic E-state index is 4.22. The maximum absolute atomic E-state index is 4.22. The minimum absolute atomic E-state index is 0.0419. The highest BCUT2D eigenvalue weighted by molar-refractivity contribution is 5.64. The van der Waals surface area contributed by atoms with Crippen LogP contribution in [0.5, 0.6) is 0 Å². The molecule has 0 atom stereocenters. The van der Waals surface area contributed by atoms with Gasteiger partial charge in [0.25, 0.3) is 0 Å². The molecule has 78 valence electrons. The highest BCUT2D eigenvalue weighted by Gasteiger charge is 2.13. The van der Waals surface area contributed by atoms with E-state index in [1.54, 1.807) is 17.3 Å². The number of rotatable bonds is 5. The van der Waals surface area contributed by atoms with Crippen molar-refractivity contribution < 1.29 is 0 Å². The summed E-state index contributed by atoms with van der Waals surface area (Å²) in [5.74, 6) is 0. The molecule has 0 aliphatic heterocycles. The molecule has 0 radical (unpaired) electrons. The second-order valence-corrected chi connectivity index (χ2v) is 3.86. The Bertz CT molecular complexity index is 275. The lowest BCUT2D eigenvalue weighted by Gasteiger charge is -2.18. The summed E-state index contributed by atoms with van der Waals surface area (Å²) >= 11 is 0. The predicted molar refractivity (Wildman–Crippen MR) is 56.2 cm³/mol. The monoisotopic (exact) mass is 195 g/mol. The predicted octanol–water partition coefficient (Wildman–Crippen LogP) is 0.748. The Kier molecular flexibility index (Phi) is 3.76. The van der Waals surface area contributed by atoms with Crippen molar-refractivity contribution in [3.8, 4) is 0 Å². The normalized spacial score (nSPS) is 12.5. The van der Waals surface area contributed by atoms with E-state index < -0.39 is 0 Å². The van der Waals surface area contributed by atoms with Gasteiger partial charge in [0.1, 0.15) is 12.7 Å². The van der Waals surface area contributed by atoms with E-state index in [0.29, 0.717) is 0 Å². The smallest absolute Gasteiger partial charge is 0.141 e. The van der Waals surface area contributed by atoms with Gasteiger partial charge in [-0.25, -0.2) is 4.68 Å². The van der Waals surface area contributed by atoms with Gasteiger partial charge < -0.3 is 5.32 Å². The van der Waals surface area contributed by atoms with Crippen molar-refractivity contribution in [2.45, 2.75) is 20.8 Å². The Morgan fingerprint density at radius 1 is 1.43 bits per heavy atom. The van der Waals surface area contributed by atoms with Crippen LogP contribution in [0.25, 0.3) is 0 Å². The van der Waals surface area contributed by atoms with Crippen LogP contribution in [0.1, 0.15) is 20.8 Å². The van der Waals surface area contributed by atoms with E-state index in [0.717, 1.165) is 13.1 Å². The van der Waals surface area contributed by atoms with Gasteiger partial charge in [-0.15, -0.1) is 10.2 Å². The molecule has 0 aliphatic carbocycles. The van der Waals surface area contributed by atoms with E-state index in [1.165, 1.54) is 0 Å². The summed E-state index contributed by atoms with van der Waals surface area (Å²) < 4.78 is 1.59. The van der Waals surface area contributed by atoms with Gasteiger partial charge in [-0.3, -0.25) is 0 Å². The molecule has 0 saturated carbocycles. The Labute approximate surface area is 84.2 Å². The van der Waals surface area contributed by atoms with Gasteiger partial charge in [-0.2, -0.15) is 5.10 Å². The van der Waals surface area contributed by atoms with Gasteiger partial charge >= 0.3 is 0 Å². The SMILES string of the molecule is CCNCC(C)(C)C=Nn1cnnc1. The zero-order chi connectivity index (χ0) is 10.4. The van der Waals surface area contributed by atoms with Crippen LogP contribution in [-0.2, 0) is 0 Å². The summed E-state index contributed by atoms with van der Waals surface area (Å²) in [4.78, 5) is 0. The van der Waals surface area contributed by atoms with E-state index >= 15 is 0 Å². The first kappa shape index (κ1) is 10.8. The van der Waals surface area contributed by atoms with Crippen molar-refractivity contribution in [2.75, 3.05) is 13.1 Å². The lowest BCUT2D eigenvalue weighted by Crippen LogP contribution is -2.30. The summed E-state index contributed by atoms with van der Waals surface area (Å²) in [6, 6.07) is 0. The summed E-state index contributed by atoms with van der Waals surface area (Å²) in [6.45, 7) is 8.24. The molecule has 1 heterocycles. The molecule has 1 N–H and O–H groups in total. The van der Waals surface area contributed by atoms with E-state index in [1.807, 2.05) is 6.21 Å². The minimum atomic E-state index is 0.0419. The number of hydrogen-bond acceptors (Lipinski definition) is 4. The van der Waals surface area contributed by atoms with Gasteiger partial charge in [0, 0.05) is 18.2 Å². The largest absolute Gasteiger partial charge is 0.316 e. The molecule has 1 aromatic heterocycles. The third kappa shape index (κ3) is 3.66. The summed E-state index contributed by atoms with van der Waals surface area (Å²) in [6.07, 6.45) is 5.04. The zero-order valence-electron chi connectivity index (χ0n) is 8.94. The van der Waals surface area contributed by atoms with Gasteiger partial charge in [-0.05, 0) is 6.54 Å². The van der Waals surface area contributed by atoms with Crippen LogP contribution < -0.4 is 5.32 Å². The first-order valence-corrected chi connectivity index (χ1v) is 4.75. The number of nitrogens with zero attached hydrogens (tertiary/aromatic N) is 4. The van der Waals surface area contributed by atoms with Crippen LogP contribution >= 0.6 is 0 Å². The fourth-order valence-corrected chi connectivity index (χ4v) is 0.971. The second kappa shape index (κ2) is 4.85. The van der Waals surface area contributed by atoms with Crippen molar-refractivity contribution in [2.24, 2.45) is 10.5 Å². The molecule has 5 nitrogen and oxygen atoms in total. The van der Waals surface area contributed by atoms with Crippen molar-refractivity contribution >= 4 is 6.21 Å². The highest BCUT2D eigenvalue weighted by Crippen LogP contribution is 2.09. The van der Waals surface area contributed by atoms with Crippen LogP contribution in [0.2, 0.25) is 0 Å². The Morgan fingerprint density at radius 3 is 2.64 bits per heavy atom. The van der Waals surface area contributed by atoms with Gasteiger partial charge in [0.2, 0.25) is 0 Å². The lowest BCUT2D eigenvalue weighted by molar-refractivity contribution is 0.481. The average Bonchev–Trinajstić information content (AvgIpc) is 2.64. The summed E-state index contributed by atoms with van der Waals surface area (Å²) in [5.41, 5.74) is 0.0419. The Morgan fingerprint density at radius 2 is 2.07 bits per heavy atom. The molecule has 0 spiro atoms. The van der Waals surface area contributed by atoms with E-state index in [4.69, 9.17) is 0 Å². The third-order valence-electron chi connectivity index (χ3n) is 1.78. The Balaban J connectivity index is 2.49. The van der Waals surface area contributed by atoms with Crippen LogP contribution in [0, 0.1) is 5.41 Å². The van der Waals surface area contributed by atoms with Crippen molar-refractivity contribution in [1.82, 2.24) is 20.2 Å². The van der Waals surface area contributed by atoms with E-state index in [2.05, 4.69) is 41.4 Å². The lowest BCUT2D eigenvalue weighted by atomic mass is 9.95. The van der Waals surface area contributed by atoms with Gasteiger partial charge in [0.15, 0.2) is 0 Å². The molecule has 1 aromatic rings. The Hall–Kier alpha value is -1.23. The molecule has 5 heteroatoms. The standard InChI is InChI=1S/C9H17N5/c1-4-10-5-9(2,3)6-13-14-7-11-12-8-14/h6-8,10H,4-5H2,1-3H3. The van der Waals surface area contributed by atoms with Crippen LogP contribution in [0.4, 0.5) is 0 Å². The highest BCUT2D eigenvalue weighted by atomic mass is 15.4. The second-order valence-electron chi connectivity index (χ2n) is 3.86. The average molecular weight is 195 g/mol. The summed E-state index contributed by atoms with van der Waals surface area (Å²) in [5, 5.41) is 14.8. The zero-order valence-corrected chi connectivity index (χ0v) is 8.94. The van der Waals surface area contributed by atoms with Crippen molar-refractivity contribution in [3.05, 3.63) is 12.7 Å². The number of hydrogen-bond donors (Lipinski definition) is 1. The first-order valence-electron chi connectivity index (χ1n) is 4.75. The molecular weight excluding hydrogens is 178 g/mol. The van der Waals surface area contributed by atoms with Crippen LogP contribution in [0.3, 0.4) is 0 Å². The molecule has 0 unspecified atom stereocenters. The maximum Gasteiger partial charge on any atom is 0.141 e. The molecule has 0 saturated heterocycles. The summed E-state index contributed by atoms with van der Waals surface area (Å²) in [7, 11) is 0. The molecular formula is C9H17N5. The first-order chi connectivity index (χ1) is 6.64. The van der Waals surface area contributed by atoms with E-state index in [9.17, 15) is 0 Å². The quantitative estimate of drug-likeness (QED) is 0.705.